The highest BCUT2D eigenvalue weighted by molar-refractivity contribution is 5.75. The van der Waals surface area contributed by atoms with Crippen molar-refractivity contribution in [3.63, 3.8) is 0 Å². The molecule has 1 N–H and O–H groups in total. The second-order valence-corrected chi connectivity index (χ2v) is 5.19. The van der Waals surface area contributed by atoms with Gasteiger partial charge in [0.1, 0.15) is 18.2 Å². The minimum Gasteiger partial charge on any atom is -0.485 e. The highest BCUT2D eigenvalue weighted by Crippen LogP contribution is 2.22. The number of fused-ring (bicyclic) bond motifs is 1. The molecule has 0 saturated carbocycles. The van der Waals surface area contributed by atoms with Crippen molar-refractivity contribution in [2.75, 3.05) is 0 Å². The van der Waals surface area contributed by atoms with E-state index in [1.165, 1.54) is 16.7 Å². The summed E-state index contributed by atoms with van der Waals surface area (Å²) in [5.41, 5.74) is 5.69. The number of benzene rings is 2. The molecule has 0 amide bonds. The van der Waals surface area contributed by atoms with Gasteiger partial charge in [0.25, 0.3) is 0 Å². The number of aromatic nitrogens is 2. The summed E-state index contributed by atoms with van der Waals surface area (Å²) in [5, 5.41) is 0. The fourth-order valence-electron chi connectivity index (χ4n) is 2.27. The topological polar surface area (TPSA) is 37.9 Å². The Bertz CT molecular complexity index is 759. The highest BCUT2D eigenvalue weighted by atomic mass is 16.5. The van der Waals surface area contributed by atoms with Crippen LogP contribution >= 0.6 is 0 Å². The third-order valence-electron chi connectivity index (χ3n) is 3.61. The molecule has 3 rings (SSSR count). The quantitative estimate of drug-likeness (QED) is 0.776. The van der Waals surface area contributed by atoms with Crippen LogP contribution in [0.25, 0.3) is 11.0 Å². The van der Waals surface area contributed by atoms with E-state index < -0.39 is 0 Å². The molecule has 0 saturated heterocycles. The van der Waals surface area contributed by atoms with Gasteiger partial charge in [0.15, 0.2) is 0 Å². The van der Waals surface area contributed by atoms with Gasteiger partial charge in [-0.05, 0) is 55.7 Å². The Balaban J connectivity index is 1.81. The van der Waals surface area contributed by atoms with E-state index in [0.717, 1.165) is 22.6 Å². The molecular formula is C17H18N2O. The van der Waals surface area contributed by atoms with Crippen molar-refractivity contribution in [2.45, 2.75) is 27.4 Å². The Labute approximate surface area is 118 Å². The molecule has 0 unspecified atom stereocenters. The number of rotatable bonds is 3. The van der Waals surface area contributed by atoms with Crippen molar-refractivity contribution in [3.05, 3.63) is 58.9 Å². The zero-order valence-corrected chi connectivity index (χ0v) is 12.0. The lowest BCUT2D eigenvalue weighted by molar-refractivity contribution is 0.295. The number of imidazole rings is 1. The average Bonchev–Trinajstić information content (AvgIpc) is 2.82. The lowest BCUT2D eigenvalue weighted by atomic mass is 10.1. The van der Waals surface area contributed by atoms with Crippen LogP contribution in [0.15, 0.2) is 36.4 Å². The largest absolute Gasteiger partial charge is 0.485 e. The maximum absolute atomic E-state index is 5.87. The van der Waals surface area contributed by atoms with Gasteiger partial charge >= 0.3 is 0 Å². The molecule has 0 aliphatic carbocycles. The highest BCUT2D eigenvalue weighted by Gasteiger charge is 2.06. The average molecular weight is 266 g/mol. The van der Waals surface area contributed by atoms with E-state index in [9.17, 15) is 0 Å². The molecule has 1 heterocycles. The van der Waals surface area contributed by atoms with Crippen LogP contribution in [-0.4, -0.2) is 9.97 Å². The number of hydrogen-bond donors (Lipinski definition) is 1. The summed E-state index contributed by atoms with van der Waals surface area (Å²) in [6.07, 6.45) is 0. The van der Waals surface area contributed by atoms with E-state index in [0.29, 0.717) is 6.61 Å². The maximum Gasteiger partial charge on any atom is 0.146 e. The van der Waals surface area contributed by atoms with Crippen LogP contribution < -0.4 is 4.74 Å². The molecule has 3 heteroatoms. The van der Waals surface area contributed by atoms with Crippen LogP contribution in [0.4, 0.5) is 0 Å². The van der Waals surface area contributed by atoms with Crippen molar-refractivity contribution in [1.82, 2.24) is 9.97 Å². The summed E-state index contributed by atoms with van der Waals surface area (Å²) in [6, 6.07) is 12.3. The van der Waals surface area contributed by atoms with E-state index in [4.69, 9.17) is 4.74 Å². The maximum atomic E-state index is 5.87. The predicted octanol–water partition coefficient (Wildman–Crippen LogP) is 4.07. The first-order chi connectivity index (χ1) is 9.63. The SMILES string of the molecule is Cc1ccc2nc(COc3cccc(C)c3C)[nH]c2c1. The van der Waals surface area contributed by atoms with E-state index in [1.54, 1.807) is 0 Å². The van der Waals surface area contributed by atoms with Crippen molar-refractivity contribution in [2.24, 2.45) is 0 Å². The molecule has 20 heavy (non-hydrogen) atoms. The first-order valence-corrected chi connectivity index (χ1v) is 6.78. The minimum absolute atomic E-state index is 0.456. The van der Waals surface area contributed by atoms with Crippen molar-refractivity contribution in [3.8, 4) is 5.75 Å². The van der Waals surface area contributed by atoms with Gasteiger partial charge in [0, 0.05) is 0 Å². The van der Waals surface area contributed by atoms with Crippen LogP contribution in [0, 0.1) is 20.8 Å². The standard InChI is InChI=1S/C17H18N2O/c1-11-7-8-14-15(9-11)19-17(18-14)10-20-16-6-4-5-12(2)13(16)3/h4-9H,10H2,1-3H3,(H,18,19). The number of H-pyrrole nitrogens is 1. The van der Waals surface area contributed by atoms with Crippen LogP contribution in [0.3, 0.4) is 0 Å². The molecule has 102 valence electrons. The Morgan fingerprint density at radius 3 is 2.80 bits per heavy atom. The lowest BCUT2D eigenvalue weighted by Gasteiger charge is -2.09. The van der Waals surface area contributed by atoms with Crippen LogP contribution in [0.5, 0.6) is 5.75 Å². The number of aromatic amines is 1. The third kappa shape index (κ3) is 2.39. The molecular weight excluding hydrogens is 248 g/mol. The first kappa shape index (κ1) is 12.7. The summed E-state index contributed by atoms with van der Waals surface area (Å²) < 4.78 is 5.87. The molecule has 0 aliphatic heterocycles. The predicted molar refractivity (Wildman–Crippen MR) is 81.1 cm³/mol. The van der Waals surface area contributed by atoms with Crippen LogP contribution in [0.2, 0.25) is 0 Å². The van der Waals surface area contributed by atoms with Gasteiger partial charge in [-0.2, -0.15) is 0 Å². The molecule has 2 aromatic carbocycles. The van der Waals surface area contributed by atoms with Crippen molar-refractivity contribution < 1.29 is 4.74 Å². The smallest absolute Gasteiger partial charge is 0.146 e. The van der Waals surface area contributed by atoms with Gasteiger partial charge in [-0.15, -0.1) is 0 Å². The number of hydrogen-bond acceptors (Lipinski definition) is 2. The summed E-state index contributed by atoms with van der Waals surface area (Å²) in [7, 11) is 0. The lowest BCUT2D eigenvalue weighted by Crippen LogP contribution is -1.99. The van der Waals surface area contributed by atoms with Gasteiger partial charge in [0.2, 0.25) is 0 Å². The summed E-state index contributed by atoms with van der Waals surface area (Å²) >= 11 is 0. The molecule has 0 atom stereocenters. The zero-order chi connectivity index (χ0) is 14.1. The van der Waals surface area contributed by atoms with Gasteiger partial charge < -0.3 is 9.72 Å². The molecule has 1 aromatic heterocycles. The van der Waals surface area contributed by atoms with Gasteiger partial charge in [-0.3, -0.25) is 0 Å². The monoisotopic (exact) mass is 266 g/mol. The van der Waals surface area contributed by atoms with Crippen LogP contribution in [-0.2, 0) is 6.61 Å². The number of nitrogens with one attached hydrogen (secondary N) is 1. The molecule has 0 aliphatic rings. The van der Waals surface area contributed by atoms with E-state index in [-0.39, 0.29) is 0 Å². The fourth-order valence-corrected chi connectivity index (χ4v) is 2.27. The fraction of sp³-hybridized carbons (Fsp3) is 0.235. The van der Waals surface area contributed by atoms with Gasteiger partial charge in [0.05, 0.1) is 11.0 Å². The molecule has 3 aromatic rings. The Morgan fingerprint density at radius 2 is 1.95 bits per heavy atom. The zero-order valence-electron chi connectivity index (χ0n) is 12.0. The van der Waals surface area contributed by atoms with Crippen molar-refractivity contribution in [1.29, 1.82) is 0 Å². The normalized spacial score (nSPS) is 10.9. The van der Waals surface area contributed by atoms with Crippen molar-refractivity contribution >= 4 is 11.0 Å². The van der Waals surface area contributed by atoms with E-state index in [1.807, 2.05) is 18.2 Å². The molecule has 3 nitrogen and oxygen atoms in total. The molecule has 0 fully saturated rings. The third-order valence-corrected chi connectivity index (χ3v) is 3.61. The second kappa shape index (κ2) is 5.00. The van der Waals surface area contributed by atoms with E-state index >= 15 is 0 Å². The summed E-state index contributed by atoms with van der Waals surface area (Å²) in [5.74, 6) is 1.77. The first-order valence-electron chi connectivity index (χ1n) is 6.78. The molecule has 0 spiro atoms. The summed E-state index contributed by atoms with van der Waals surface area (Å²) in [6.45, 7) is 6.70. The second-order valence-electron chi connectivity index (χ2n) is 5.19. The Kier molecular flexibility index (Phi) is 3.18. The van der Waals surface area contributed by atoms with E-state index in [2.05, 4.69) is 48.9 Å². The van der Waals surface area contributed by atoms with Crippen LogP contribution in [0.1, 0.15) is 22.5 Å². The number of nitrogens with zero attached hydrogens (tertiary/aromatic N) is 1. The van der Waals surface area contributed by atoms with Gasteiger partial charge in [-0.25, -0.2) is 4.98 Å². The van der Waals surface area contributed by atoms with Gasteiger partial charge in [-0.1, -0.05) is 18.2 Å². The molecule has 0 radical (unpaired) electrons. The Morgan fingerprint density at radius 1 is 1.10 bits per heavy atom. The number of ether oxygens (including phenoxy) is 1. The summed E-state index contributed by atoms with van der Waals surface area (Å²) in [4.78, 5) is 7.85. The Hall–Kier alpha value is -2.29. The number of aryl methyl sites for hydroxylation is 2. The minimum atomic E-state index is 0.456. The molecule has 0 bridgehead atoms.